The van der Waals surface area contributed by atoms with Gasteiger partial charge >= 0.3 is 0 Å². The molecule has 5 aliphatic rings. The summed E-state index contributed by atoms with van der Waals surface area (Å²) in [6.07, 6.45) is 11.1. The van der Waals surface area contributed by atoms with Crippen LogP contribution in [0.15, 0.2) is 23.3 Å². The van der Waals surface area contributed by atoms with Gasteiger partial charge in [-0.1, -0.05) is 34.6 Å². The Morgan fingerprint density at radius 2 is 1.50 bits per heavy atom. The molecular formula is C36H58N4O6. The summed E-state index contributed by atoms with van der Waals surface area (Å²) in [6.45, 7) is 18.6. The first-order valence-corrected chi connectivity index (χ1v) is 17.5. The maximum Gasteiger partial charge on any atom is 0.121 e. The molecule has 6 N–H and O–H groups in total. The van der Waals surface area contributed by atoms with Crippen LogP contribution in [0.25, 0.3) is 0 Å². The van der Waals surface area contributed by atoms with E-state index in [4.69, 9.17) is 9.84 Å². The van der Waals surface area contributed by atoms with Crippen LogP contribution in [0.5, 0.6) is 0 Å². The van der Waals surface area contributed by atoms with E-state index in [9.17, 15) is 25.9 Å². The molecule has 46 heavy (non-hydrogen) atoms. The molecule has 10 heteroatoms. The summed E-state index contributed by atoms with van der Waals surface area (Å²) in [6, 6.07) is 4.23. The van der Waals surface area contributed by atoms with E-state index in [1.54, 1.807) is 0 Å². The number of nitrogens with one attached hydrogen (secondary N) is 1. The van der Waals surface area contributed by atoms with Crippen LogP contribution in [-0.4, -0.2) is 49.0 Å². The summed E-state index contributed by atoms with van der Waals surface area (Å²) in [5.74, 6) is 2.27. The van der Waals surface area contributed by atoms with Crippen LogP contribution >= 0.6 is 0 Å². The minimum absolute atomic E-state index is 0.0134. The summed E-state index contributed by atoms with van der Waals surface area (Å²) < 4.78 is 6.77. The quantitative estimate of drug-likeness (QED) is 0.170. The SMILES string of the molecule is CC(C)(O)C1CCC(C)(C2CCC3(C)C2CCC2C4(C)CCC(=NNc5ccc(N(O)O)cc5N(O)O)C(C)(C)C4CCC23C)O1. The van der Waals surface area contributed by atoms with Gasteiger partial charge in [-0.3, -0.25) is 26.3 Å². The molecule has 1 aliphatic heterocycles. The molecule has 5 fully saturated rings. The Balaban J connectivity index is 1.23. The third kappa shape index (κ3) is 5.00. The van der Waals surface area contributed by atoms with E-state index in [-0.39, 0.29) is 55.2 Å². The van der Waals surface area contributed by atoms with E-state index < -0.39 is 5.60 Å². The molecule has 0 amide bonds. The molecule has 0 radical (unpaired) electrons. The van der Waals surface area contributed by atoms with Crippen molar-refractivity contribution in [2.24, 2.45) is 50.4 Å². The molecule has 1 aromatic carbocycles. The number of fused-ring (bicyclic) bond motifs is 5. The fourth-order valence-electron chi connectivity index (χ4n) is 12.2. The monoisotopic (exact) mass is 642 g/mol. The van der Waals surface area contributed by atoms with Crippen LogP contribution in [0, 0.1) is 45.3 Å². The van der Waals surface area contributed by atoms with Gasteiger partial charge in [0.1, 0.15) is 5.69 Å². The van der Waals surface area contributed by atoms with E-state index in [0.29, 0.717) is 29.4 Å². The molecule has 0 aromatic heterocycles. The first-order valence-electron chi connectivity index (χ1n) is 17.5. The van der Waals surface area contributed by atoms with Crippen molar-refractivity contribution in [3.8, 4) is 0 Å². The molecule has 1 saturated heterocycles. The maximum absolute atomic E-state index is 10.7. The highest BCUT2D eigenvalue weighted by Crippen LogP contribution is 2.76. The van der Waals surface area contributed by atoms with E-state index in [2.05, 4.69) is 47.0 Å². The van der Waals surface area contributed by atoms with Crippen LogP contribution in [0.1, 0.15) is 120 Å². The van der Waals surface area contributed by atoms with Crippen molar-refractivity contribution in [2.75, 3.05) is 15.9 Å². The third-order valence-electron chi connectivity index (χ3n) is 14.8. The lowest BCUT2D eigenvalue weighted by Gasteiger charge is -2.69. The number of hydrazone groups is 1. The normalized spacial score (nSPS) is 42.7. The summed E-state index contributed by atoms with van der Waals surface area (Å²) in [4.78, 5) is 0. The predicted octanol–water partition coefficient (Wildman–Crippen LogP) is 8.02. The Morgan fingerprint density at radius 1 is 0.804 bits per heavy atom. The number of rotatable bonds is 6. The Hall–Kier alpha value is -1.95. The van der Waals surface area contributed by atoms with Crippen molar-refractivity contribution in [1.29, 1.82) is 0 Å². The largest absolute Gasteiger partial charge is 0.388 e. The molecule has 4 aliphatic carbocycles. The third-order valence-corrected chi connectivity index (χ3v) is 14.8. The summed E-state index contributed by atoms with van der Waals surface area (Å²) >= 11 is 0. The van der Waals surface area contributed by atoms with E-state index >= 15 is 0 Å². The average Bonchev–Trinajstić information content (AvgIpc) is 3.54. The number of nitrogens with zero attached hydrogens (tertiary/aromatic N) is 3. The molecule has 0 spiro atoms. The average molecular weight is 643 g/mol. The lowest BCUT2D eigenvalue weighted by Crippen LogP contribution is -2.63. The van der Waals surface area contributed by atoms with Crippen molar-refractivity contribution >= 4 is 22.8 Å². The summed E-state index contributed by atoms with van der Waals surface area (Å²) in [7, 11) is 0. The fourth-order valence-corrected chi connectivity index (χ4v) is 12.2. The van der Waals surface area contributed by atoms with Crippen molar-refractivity contribution in [3.05, 3.63) is 18.2 Å². The van der Waals surface area contributed by atoms with Crippen LogP contribution in [-0.2, 0) is 4.74 Å². The van der Waals surface area contributed by atoms with Gasteiger partial charge in [-0.05, 0) is 143 Å². The van der Waals surface area contributed by atoms with Crippen molar-refractivity contribution in [1.82, 2.24) is 0 Å². The maximum atomic E-state index is 10.7. The second-order valence-electron chi connectivity index (χ2n) is 17.6. The molecule has 9 unspecified atom stereocenters. The Bertz CT molecular complexity index is 1360. The van der Waals surface area contributed by atoms with E-state index in [1.165, 1.54) is 50.3 Å². The summed E-state index contributed by atoms with van der Waals surface area (Å²) in [5.41, 5.74) is 3.99. The van der Waals surface area contributed by atoms with Gasteiger partial charge in [0.05, 0.1) is 28.7 Å². The lowest BCUT2D eigenvalue weighted by atomic mass is 9.35. The number of benzene rings is 1. The standard InChI is InChI=1S/C36H58N4O6/c1-31(2)27-14-19-35(7)28(12-10-23-24(13-18-34(23,35)6)36(8)20-16-30(46-36)32(3,4)41)33(27,5)17-15-29(31)38-37-25-11-9-22(39(42)43)21-26(25)40(44)45/h9,11,21,23-24,27-28,30,37,41-45H,10,12-20H2,1-8H3. The Kier molecular flexibility index (Phi) is 8.14. The van der Waals surface area contributed by atoms with Crippen LogP contribution < -0.4 is 15.9 Å². The van der Waals surface area contributed by atoms with Crippen molar-refractivity contribution < 1.29 is 30.7 Å². The number of ether oxygens (including phenoxy) is 1. The number of aliphatic hydroxyl groups is 1. The topological polar surface area (TPSA) is 141 Å². The number of anilines is 3. The second kappa shape index (κ2) is 11.0. The van der Waals surface area contributed by atoms with Gasteiger partial charge in [0.15, 0.2) is 0 Å². The van der Waals surface area contributed by atoms with Crippen molar-refractivity contribution in [2.45, 2.75) is 137 Å². The molecule has 258 valence electrons. The fraction of sp³-hybridized carbons (Fsp3) is 0.806. The molecule has 1 heterocycles. The number of hydrogen-bond acceptors (Lipinski definition) is 10. The van der Waals surface area contributed by atoms with Crippen LogP contribution in [0.2, 0.25) is 0 Å². The zero-order valence-electron chi connectivity index (χ0n) is 29.2. The van der Waals surface area contributed by atoms with Gasteiger partial charge in [-0.15, -0.1) is 10.5 Å². The highest BCUT2D eigenvalue weighted by Gasteiger charge is 2.69. The molecule has 9 atom stereocenters. The molecule has 4 saturated carbocycles. The van der Waals surface area contributed by atoms with Gasteiger partial charge in [0.2, 0.25) is 0 Å². The minimum atomic E-state index is -0.811. The van der Waals surface area contributed by atoms with E-state index in [0.717, 1.165) is 37.8 Å². The first kappa shape index (κ1) is 33.9. The molecule has 1 aromatic rings. The molecular weight excluding hydrogens is 584 g/mol. The highest BCUT2D eigenvalue weighted by molar-refractivity contribution is 5.92. The Morgan fingerprint density at radius 3 is 2.13 bits per heavy atom. The lowest BCUT2D eigenvalue weighted by molar-refractivity contribution is -0.201. The number of hydrogen-bond donors (Lipinski definition) is 6. The van der Waals surface area contributed by atoms with Gasteiger partial charge < -0.3 is 9.84 Å². The van der Waals surface area contributed by atoms with E-state index in [1.807, 2.05) is 13.8 Å². The van der Waals surface area contributed by atoms with Gasteiger partial charge in [-0.2, -0.15) is 5.10 Å². The molecule has 10 nitrogen and oxygen atoms in total. The van der Waals surface area contributed by atoms with Crippen LogP contribution in [0.3, 0.4) is 0 Å². The first-order chi connectivity index (χ1) is 21.3. The van der Waals surface area contributed by atoms with Crippen molar-refractivity contribution in [3.63, 3.8) is 0 Å². The highest BCUT2D eigenvalue weighted by atomic mass is 16.8. The summed E-state index contributed by atoms with van der Waals surface area (Å²) in [5, 5.41) is 53.8. The van der Waals surface area contributed by atoms with Gasteiger partial charge in [-0.25, -0.2) is 0 Å². The predicted molar refractivity (Wildman–Crippen MR) is 177 cm³/mol. The second-order valence-corrected chi connectivity index (χ2v) is 17.6. The van der Waals surface area contributed by atoms with Crippen LogP contribution in [0.4, 0.5) is 17.1 Å². The molecule has 0 bridgehead atoms. The van der Waals surface area contributed by atoms with Gasteiger partial charge in [0.25, 0.3) is 0 Å². The minimum Gasteiger partial charge on any atom is -0.388 e. The van der Waals surface area contributed by atoms with Gasteiger partial charge in [0, 0.05) is 11.1 Å². The zero-order valence-corrected chi connectivity index (χ0v) is 29.2. The molecule has 6 rings (SSSR count). The zero-order chi connectivity index (χ0) is 33.7. The Labute approximate surface area is 274 Å². The smallest absolute Gasteiger partial charge is 0.121 e.